The average molecular weight is 324 g/mol. The van der Waals surface area contributed by atoms with Gasteiger partial charge in [0.2, 0.25) is 0 Å². The molecule has 0 unspecified atom stereocenters. The Balaban J connectivity index is 1.77. The maximum Gasteiger partial charge on any atom is 0.191 e. The Morgan fingerprint density at radius 2 is 1.87 bits per heavy atom. The summed E-state index contributed by atoms with van der Waals surface area (Å²) < 4.78 is 15.7. The van der Waals surface area contributed by atoms with Crippen LogP contribution in [-0.2, 0) is 12.8 Å². The third-order valence-corrected chi connectivity index (χ3v) is 4.49. The van der Waals surface area contributed by atoms with Gasteiger partial charge in [0.1, 0.15) is 5.82 Å². The molecule has 0 aliphatic rings. The van der Waals surface area contributed by atoms with Gasteiger partial charge in [-0.05, 0) is 29.8 Å². The van der Waals surface area contributed by atoms with Crippen molar-refractivity contribution in [3.63, 3.8) is 0 Å². The molecule has 6 heteroatoms. The van der Waals surface area contributed by atoms with Crippen LogP contribution in [0.3, 0.4) is 0 Å². The van der Waals surface area contributed by atoms with Gasteiger partial charge in [0, 0.05) is 12.8 Å². The predicted octanol–water partition coefficient (Wildman–Crippen LogP) is 3.79. The van der Waals surface area contributed by atoms with Crippen LogP contribution < -0.4 is 0 Å². The topological polar surface area (TPSA) is 54.5 Å². The zero-order chi connectivity index (χ0) is 16.2. The molecule has 4 nitrogen and oxygen atoms in total. The fourth-order valence-corrected chi connectivity index (χ4v) is 3.01. The minimum absolute atomic E-state index is 0.313. The van der Waals surface area contributed by atoms with Crippen LogP contribution in [0.2, 0.25) is 0 Å². The molecule has 0 bridgehead atoms. The quantitative estimate of drug-likeness (QED) is 0.685. The van der Waals surface area contributed by atoms with E-state index in [2.05, 4.69) is 16.3 Å². The summed E-state index contributed by atoms with van der Waals surface area (Å²) in [7, 11) is 1.82. The largest absolute Gasteiger partial charge is 0.305 e. The van der Waals surface area contributed by atoms with Crippen LogP contribution in [0.5, 0.6) is 0 Å². The van der Waals surface area contributed by atoms with E-state index in [-0.39, 0.29) is 5.82 Å². The third-order valence-electron chi connectivity index (χ3n) is 3.40. The lowest BCUT2D eigenvalue weighted by Crippen LogP contribution is -1.96. The second-order valence-electron chi connectivity index (χ2n) is 4.94. The third kappa shape index (κ3) is 3.25. The predicted molar refractivity (Wildman–Crippen MR) is 87.1 cm³/mol. The molecule has 0 radical (unpaired) electrons. The van der Waals surface area contributed by atoms with Gasteiger partial charge in [-0.15, -0.1) is 10.2 Å². The maximum absolute atomic E-state index is 13.9. The first-order valence-electron chi connectivity index (χ1n) is 6.95. The summed E-state index contributed by atoms with van der Waals surface area (Å²) in [5.41, 5.74) is 2.16. The minimum atomic E-state index is -0.313. The molecule has 1 heterocycles. The van der Waals surface area contributed by atoms with E-state index in [1.54, 1.807) is 34.9 Å². The van der Waals surface area contributed by atoms with Crippen LogP contribution in [0.25, 0.3) is 11.4 Å². The molecule has 114 valence electrons. The SMILES string of the molecule is Cn1c(SCc2ccc(C#N)cc2)nnc1-c1ccccc1F. The normalized spacial score (nSPS) is 10.5. The van der Waals surface area contributed by atoms with Crippen LogP contribution in [-0.4, -0.2) is 14.8 Å². The molecule has 0 fully saturated rings. The van der Waals surface area contributed by atoms with Crippen LogP contribution in [0, 0.1) is 17.1 Å². The van der Waals surface area contributed by atoms with Crippen LogP contribution in [0.1, 0.15) is 11.1 Å². The van der Waals surface area contributed by atoms with E-state index in [4.69, 9.17) is 5.26 Å². The van der Waals surface area contributed by atoms with Gasteiger partial charge in [-0.3, -0.25) is 0 Å². The Labute approximate surface area is 137 Å². The molecule has 0 saturated carbocycles. The Morgan fingerprint density at radius 1 is 1.13 bits per heavy atom. The summed E-state index contributed by atoms with van der Waals surface area (Å²) in [6.45, 7) is 0. The summed E-state index contributed by atoms with van der Waals surface area (Å²) in [5, 5.41) is 17.7. The zero-order valence-corrected chi connectivity index (χ0v) is 13.2. The first-order chi connectivity index (χ1) is 11.2. The number of benzene rings is 2. The van der Waals surface area contributed by atoms with Gasteiger partial charge < -0.3 is 4.57 Å². The minimum Gasteiger partial charge on any atom is -0.305 e. The van der Waals surface area contributed by atoms with Gasteiger partial charge in [-0.1, -0.05) is 36.0 Å². The molecule has 0 saturated heterocycles. The van der Waals surface area contributed by atoms with Crippen molar-refractivity contribution in [3.05, 3.63) is 65.5 Å². The lowest BCUT2D eigenvalue weighted by molar-refractivity contribution is 0.628. The molecule has 0 N–H and O–H groups in total. The summed E-state index contributed by atoms with van der Waals surface area (Å²) in [5.74, 6) is 0.895. The van der Waals surface area contributed by atoms with Gasteiger partial charge in [-0.25, -0.2) is 4.39 Å². The molecular weight excluding hydrogens is 311 g/mol. The van der Waals surface area contributed by atoms with Crippen molar-refractivity contribution in [2.24, 2.45) is 7.05 Å². The molecule has 0 aliphatic heterocycles. The van der Waals surface area contributed by atoms with Crippen molar-refractivity contribution in [1.82, 2.24) is 14.8 Å². The van der Waals surface area contributed by atoms with Gasteiger partial charge >= 0.3 is 0 Å². The van der Waals surface area contributed by atoms with Crippen molar-refractivity contribution >= 4 is 11.8 Å². The van der Waals surface area contributed by atoms with E-state index in [9.17, 15) is 4.39 Å². The van der Waals surface area contributed by atoms with E-state index in [1.165, 1.54) is 17.8 Å². The molecule has 0 atom stereocenters. The molecular formula is C17H13FN4S. The van der Waals surface area contributed by atoms with Crippen molar-refractivity contribution in [2.75, 3.05) is 0 Å². The number of halogens is 1. The highest BCUT2D eigenvalue weighted by Crippen LogP contribution is 2.26. The molecule has 0 spiro atoms. The second kappa shape index (κ2) is 6.63. The zero-order valence-electron chi connectivity index (χ0n) is 12.4. The Morgan fingerprint density at radius 3 is 2.57 bits per heavy atom. The molecule has 23 heavy (non-hydrogen) atoms. The first-order valence-corrected chi connectivity index (χ1v) is 7.93. The molecule has 0 amide bonds. The Bertz CT molecular complexity index is 865. The standard InChI is InChI=1S/C17H13FN4S/c1-22-16(14-4-2-3-5-15(14)18)20-21-17(22)23-11-13-8-6-12(10-19)7-9-13/h2-9H,11H2,1H3. The maximum atomic E-state index is 13.9. The van der Waals surface area contributed by atoms with Crippen LogP contribution >= 0.6 is 11.8 Å². The fourth-order valence-electron chi connectivity index (χ4n) is 2.14. The summed E-state index contributed by atoms with van der Waals surface area (Å²) in [4.78, 5) is 0. The number of thioether (sulfide) groups is 1. The van der Waals surface area contributed by atoms with Gasteiger partial charge in [0.15, 0.2) is 11.0 Å². The van der Waals surface area contributed by atoms with E-state index in [1.807, 2.05) is 19.2 Å². The van der Waals surface area contributed by atoms with E-state index < -0.39 is 0 Å². The number of hydrogen-bond acceptors (Lipinski definition) is 4. The monoisotopic (exact) mass is 324 g/mol. The lowest BCUT2D eigenvalue weighted by Gasteiger charge is -2.05. The molecule has 1 aromatic heterocycles. The molecule has 2 aromatic carbocycles. The first kappa shape index (κ1) is 15.3. The second-order valence-corrected chi connectivity index (χ2v) is 5.88. The van der Waals surface area contributed by atoms with Gasteiger partial charge in [-0.2, -0.15) is 5.26 Å². The molecule has 3 rings (SSSR count). The lowest BCUT2D eigenvalue weighted by atomic mass is 10.2. The number of nitrogens with zero attached hydrogens (tertiary/aromatic N) is 4. The number of nitriles is 1. The highest BCUT2D eigenvalue weighted by molar-refractivity contribution is 7.98. The number of rotatable bonds is 4. The number of hydrogen-bond donors (Lipinski definition) is 0. The smallest absolute Gasteiger partial charge is 0.191 e. The Kier molecular flexibility index (Phi) is 4.40. The highest BCUT2D eigenvalue weighted by atomic mass is 32.2. The van der Waals surface area contributed by atoms with E-state index in [0.29, 0.717) is 27.9 Å². The van der Waals surface area contributed by atoms with Gasteiger partial charge in [0.05, 0.1) is 17.2 Å². The Hall–Kier alpha value is -2.65. The fraction of sp³-hybridized carbons (Fsp3) is 0.118. The van der Waals surface area contributed by atoms with Crippen LogP contribution in [0.15, 0.2) is 53.7 Å². The number of aromatic nitrogens is 3. The highest BCUT2D eigenvalue weighted by Gasteiger charge is 2.14. The van der Waals surface area contributed by atoms with E-state index in [0.717, 1.165) is 5.56 Å². The van der Waals surface area contributed by atoms with Gasteiger partial charge in [0.25, 0.3) is 0 Å². The van der Waals surface area contributed by atoms with Crippen molar-refractivity contribution in [1.29, 1.82) is 5.26 Å². The van der Waals surface area contributed by atoms with Crippen molar-refractivity contribution < 1.29 is 4.39 Å². The molecule has 3 aromatic rings. The average Bonchev–Trinajstić information content (AvgIpc) is 2.94. The van der Waals surface area contributed by atoms with Crippen molar-refractivity contribution in [3.8, 4) is 17.5 Å². The summed E-state index contributed by atoms with van der Waals surface area (Å²) in [6, 6.07) is 16.0. The van der Waals surface area contributed by atoms with Crippen molar-refractivity contribution in [2.45, 2.75) is 10.9 Å². The van der Waals surface area contributed by atoms with E-state index >= 15 is 0 Å². The molecule has 0 aliphatic carbocycles. The summed E-state index contributed by atoms with van der Waals surface area (Å²) in [6.07, 6.45) is 0. The summed E-state index contributed by atoms with van der Waals surface area (Å²) >= 11 is 1.52. The van der Waals surface area contributed by atoms with Crippen LogP contribution in [0.4, 0.5) is 4.39 Å².